The fourth-order valence-electron chi connectivity index (χ4n) is 4.89. The lowest BCUT2D eigenvalue weighted by Gasteiger charge is -2.27. The number of ether oxygens (including phenoxy) is 1. The number of carbonyl (C=O) groups is 2. The molecule has 0 saturated carbocycles. The first kappa shape index (κ1) is 26.5. The summed E-state index contributed by atoms with van der Waals surface area (Å²) in [5, 5.41) is 12.5. The van der Waals surface area contributed by atoms with Crippen molar-refractivity contribution < 1.29 is 19.4 Å². The average molecular weight is 500 g/mol. The topological polar surface area (TPSA) is 75.6 Å². The summed E-state index contributed by atoms with van der Waals surface area (Å²) in [5.74, 6) is -1.17. The first-order chi connectivity index (χ1) is 17.3. The van der Waals surface area contributed by atoms with Crippen LogP contribution in [0.4, 0.5) is 4.79 Å². The number of carboxylic acids is 1. The smallest absolute Gasteiger partial charge is 0.407 e. The fourth-order valence-corrected chi connectivity index (χ4v) is 4.89. The van der Waals surface area contributed by atoms with Crippen LogP contribution in [0.1, 0.15) is 75.3 Å². The summed E-state index contributed by atoms with van der Waals surface area (Å²) in [4.78, 5) is 24.9. The van der Waals surface area contributed by atoms with E-state index >= 15 is 0 Å². The van der Waals surface area contributed by atoms with Crippen LogP contribution in [-0.4, -0.2) is 29.8 Å². The molecule has 0 heterocycles. The second-order valence-electron chi connectivity index (χ2n) is 12.0. The number of nitrogens with one attached hydrogen (secondary N) is 1. The lowest BCUT2D eigenvalue weighted by atomic mass is 9.79. The minimum atomic E-state index is -1.10. The summed E-state index contributed by atoms with van der Waals surface area (Å²) in [6.07, 6.45) is -0.552. The molecule has 2 N–H and O–H groups in total. The van der Waals surface area contributed by atoms with Gasteiger partial charge in [0.05, 0.1) is 0 Å². The third-order valence-electron chi connectivity index (χ3n) is 7.10. The highest BCUT2D eigenvalue weighted by Crippen LogP contribution is 2.44. The molecule has 0 bridgehead atoms. The van der Waals surface area contributed by atoms with E-state index in [1.165, 1.54) is 0 Å². The van der Waals surface area contributed by atoms with E-state index in [2.05, 4.69) is 77.2 Å². The van der Waals surface area contributed by atoms with Crippen molar-refractivity contribution in [1.82, 2.24) is 5.32 Å². The molecule has 0 radical (unpaired) electrons. The van der Waals surface area contributed by atoms with E-state index in [1.54, 1.807) is 0 Å². The third-order valence-corrected chi connectivity index (χ3v) is 7.10. The minimum absolute atomic E-state index is 0.0840. The van der Waals surface area contributed by atoms with Crippen molar-refractivity contribution in [3.05, 3.63) is 94.5 Å². The van der Waals surface area contributed by atoms with Crippen molar-refractivity contribution in [2.75, 3.05) is 6.61 Å². The third kappa shape index (κ3) is 5.87. The number of hydrogen-bond acceptors (Lipinski definition) is 3. The standard InChI is InChI=1S/C32H37NO4/c1-31(2,3)21-15-20(16-22(18-21)32(4,5)6)17-28(29(34)35)33-30(36)37-19-27-25-13-9-7-11-23(25)24-12-8-10-14-26(24)27/h7-16,18,27-28H,17,19H2,1-6H3,(H,33,36)(H,34,35). The lowest BCUT2D eigenvalue weighted by molar-refractivity contribution is -0.139. The summed E-state index contributed by atoms with van der Waals surface area (Å²) >= 11 is 0. The number of benzene rings is 3. The molecule has 1 unspecified atom stereocenters. The van der Waals surface area contributed by atoms with Crippen LogP contribution in [0.3, 0.4) is 0 Å². The van der Waals surface area contributed by atoms with Gasteiger partial charge >= 0.3 is 12.1 Å². The zero-order valence-corrected chi connectivity index (χ0v) is 22.6. The van der Waals surface area contributed by atoms with Crippen LogP contribution in [-0.2, 0) is 26.8 Å². The van der Waals surface area contributed by atoms with Gasteiger partial charge < -0.3 is 15.2 Å². The number of rotatable bonds is 6. The van der Waals surface area contributed by atoms with Crippen molar-refractivity contribution in [3.63, 3.8) is 0 Å². The Morgan fingerprint density at radius 3 is 1.78 bits per heavy atom. The quantitative estimate of drug-likeness (QED) is 0.390. The van der Waals surface area contributed by atoms with Gasteiger partial charge in [-0.25, -0.2) is 9.59 Å². The molecular weight excluding hydrogens is 462 g/mol. The second kappa shape index (κ2) is 10.0. The van der Waals surface area contributed by atoms with Crippen LogP contribution in [0, 0.1) is 0 Å². The minimum Gasteiger partial charge on any atom is -0.480 e. The second-order valence-corrected chi connectivity index (χ2v) is 12.0. The van der Waals surface area contributed by atoms with E-state index < -0.39 is 18.1 Å². The van der Waals surface area contributed by atoms with Crippen LogP contribution in [0.15, 0.2) is 66.7 Å². The predicted molar refractivity (Wildman–Crippen MR) is 147 cm³/mol. The van der Waals surface area contributed by atoms with Crippen molar-refractivity contribution in [2.24, 2.45) is 0 Å². The molecule has 5 nitrogen and oxygen atoms in total. The van der Waals surface area contributed by atoms with Crippen LogP contribution in [0.5, 0.6) is 0 Å². The number of alkyl carbamates (subject to hydrolysis) is 1. The van der Waals surface area contributed by atoms with E-state index in [9.17, 15) is 14.7 Å². The Hall–Kier alpha value is -3.60. The monoisotopic (exact) mass is 499 g/mol. The van der Waals surface area contributed by atoms with Gasteiger partial charge in [-0.2, -0.15) is 0 Å². The number of carboxylic acid groups (broad SMARTS) is 1. The van der Waals surface area contributed by atoms with Gasteiger partial charge in [0.25, 0.3) is 0 Å². The molecule has 4 rings (SSSR count). The molecular formula is C32H37NO4. The summed E-state index contributed by atoms with van der Waals surface area (Å²) < 4.78 is 5.60. The molecule has 1 aliphatic rings. The molecule has 0 saturated heterocycles. The summed E-state index contributed by atoms with van der Waals surface area (Å²) in [6, 6.07) is 21.4. The maximum atomic E-state index is 12.8. The molecule has 0 spiro atoms. The molecule has 1 atom stereocenters. The fraction of sp³-hybridized carbons (Fsp3) is 0.375. The Morgan fingerprint density at radius 1 is 0.838 bits per heavy atom. The van der Waals surface area contributed by atoms with Crippen LogP contribution in [0.2, 0.25) is 0 Å². The SMILES string of the molecule is CC(C)(C)c1cc(CC(NC(=O)OCC2c3ccccc3-c3ccccc32)C(=O)O)cc(C(C)(C)C)c1. The zero-order valence-electron chi connectivity index (χ0n) is 22.6. The number of aliphatic carboxylic acids is 1. The average Bonchev–Trinajstić information content (AvgIpc) is 3.15. The van der Waals surface area contributed by atoms with Gasteiger partial charge in [-0.15, -0.1) is 0 Å². The zero-order chi connectivity index (χ0) is 27.0. The highest BCUT2D eigenvalue weighted by Gasteiger charge is 2.30. The highest BCUT2D eigenvalue weighted by atomic mass is 16.5. The summed E-state index contributed by atoms with van der Waals surface area (Å²) in [6.45, 7) is 13.0. The molecule has 5 heteroatoms. The molecule has 1 amide bonds. The van der Waals surface area contributed by atoms with E-state index in [4.69, 9.17) is 4.74 Å². The molecule has 0 aliphatic heterocycles. The molecule has 0 aromatic heterocycles. The summed E-state index contributed by atoms with van der Waals surface area (Å²) in [7, 11) is 0. The molecule has 194 valence electrons. The van der Waals surface area contributed by atoms with E-state index in [0.29, 0.717) is 0 Å². The predicted octanol–water partition coefficient (Wildman–Crippen LogP) is 6.82. The van der Waals surface area contributed by atoms with Gasteiger partial charge in [0.1, 0.15) is 12.6 Å². The van der Waals surface area contributed by atoms with Crippen molar-refractivity contribution >= 4 is 12.1 Å². The number of fused-ring (bicyclic) bond motifs is 3. The maximum absolute atomic E-state index is 12.8. The number of amides is 1. The van der Waals surface area contributed by atoms with Crippen molar-refractivity contribution in [3.8, 4) is 11.1 Å². The highest BCUT2D eigenvalue weighted by molar-refractivity contribution is 5.81. The van der Waals surface area contributed by atoms with Crippen molar-refractivity contribution in [1.29, 1.82) is 0 Å². The Labute approximate surface area is 219 Å². The number of carbonyl (C=O) groups excluding carboxylic acids is 1. The van der Waals surface area contributed by atoms with Crippen LogP contribution >= 0.6 is 0 Å². The lowest BCUT2D eigenvalue weighted by Crippen LogP contribution is -2.43. The first-order valence-corrected chi connectivity index (χ1v) is 12.8. The molecule has 3 aromatic carbocycles. The van der Waals surface area contributed by atoms with Gasteiger partial charge in [0.15, 0.2) is 0 Å². The first-order valence-electron chi connectivity index (χ1n) is 12.8. The van der Waals surface area contributed by atoms with Gasteiger partial charge in [-0.05, 0) is 49.8 Å². The molecule has 1 aliphatic carbocycles. The van der Waals surface area contributed by atoms with Gasteiger partial charge in [0.2, 0.25) is 0 Å². The van der Waals surface area contributed by atoms with Crippen LogP contribution in [0.25, 0.3) is 11.1 Å². The van der Waals surface area contributed by atoms with Gasteiger partial charge in [0, 0.05) is 12.3 Å². The molecule has 0 fully saturated rings. The molecule has 37 heavy (non-hydrogen) atoms. The molecule has 3 aromatic rings. The normalized spacial score (nSPS) is 14.0. The van der Waals surface area contributed by atoms with Crippen LogP contribution < -0.4 is 5.32 Å². The Balaban J connectivity index is 1.49. The van der Waals surface area contributed by atoms with E-state index in [0.717, 1.165) is 38.9 Å². The largest absolute Gasteiger partial charge is 0.480 e. The van der Waals surface area contributed by atoms with Gasteiger partial charge in [-0.1, -0.05) is 108 Å². The van der Waals surface area contributed by atoms with Gasteiger partial charge in [-0.3, -0.25) is 0 Å². The Kier molecular flexibility index (Phi) is 7.18. The van der Waals surface area contributed by atoms with E-state index in [-0.39, 0.29) is 29.8 Å². The maximum Gasteiger partial charge on any atom is 0.407 e. The summed E-state index contributed by atoms with van der Waals surface area (Å²) in [5.41, 5.74) is 7.49. The van der Waals surface area contributed by atoms with Crippen molar-refractivity contribution in [2.45, 2.75) is 70.8 Å². The Bertz CT molecular complexity index is 1240. The number of hydrogen-bond donors (Lipinski definition) is 2. The van der Waals surface area contributed by atoms with E-state index in [1.807, 2.05) is 36.4 Å². The Morgan fingerprint density at radius 2 is 1.32 bits per heavy atom.